The van der Waals surface area contributed by atoms with E-state index in [0.29, 0.717) is 12.3 Å². The summed E-state index contributed by atoms with van der Waals surface area (Å²) in [6, 6.07) is 21.8. The Morgan fingerprint density at radius 2 is 1.86 bits per heavy atom. The second-order valence-electron chi connectivity index (χ2n) is 5.94. The Labute approximate surface area is 165 Å². The van der Waals surface area contributed by atoms with E-state index in [9.17, 15) is 4.39 Å². The van der Waals surface area contributed by atoms with E-state index in [1.54, 1.807) is 12.1 Å². The molecule has 0 spiro atoms. The quantitative estimate of drug-likeness (QED) is 0.505. The lowest BCUT2D eigenvalue weighted by Crippen LogP contribution is -2.02. The van der Waals surface area contributed by atoms with Gasteiger partial charge in [0.2, 0.25) is 0 Å². The maximum absolute atomic E-state index is 13.3. The molecule has 0 bridgehead atoms. The van der Waals surface area contributed by atoms with Crippen LogP contribution in [0.4, 0.5) is 10.1 Å². The summed E-state index contributed by atoms with van der Waals surface area (Å²) < 4.78 is 20.6. The highest BCUT2D eigenvalue weighted by molar-refractivity contribution is 6.31. The van der Waals surface area contributed by atoms with E-state index in [1.807, 2.05) is 54.6 Å². The van der Waals surface area contributed by atoms with Crippen molar-refractivity contribution in [2.75, 3.05) is 5.32 Å². The maximum Gasteiger partial charge on any atom is 0.345 e. The van der Waals surface area contributed by atoms with Crippen LogP contribution in [-0.2, 0) is 6.54 Å². The van der Waals surface area contributed by atoms with E-state index in [0.717, 1.165) is 16.9 Å². The number of aromatic nitrogens is 4. The van der Waals surface area contributed by atoms with Crippen molar-refractivity contribution in [3.8, 4) is 17.4 Å². The average molecular weight is 396 g/mol. The van der Waals surface area contributed by atoms with Crippen molar-refractivity contribution in [2.24, 2.45) is 0 Å². The second kappa shape index (κ2) is 8.06. The highest BCUT2D eigenvalue weighted by Gasteiger charge is 2.10. The predicted octanol–water partition coefficient (Wildman–Crippen LogP) is 4.86. The van der Waals surface area contributed by atoms with Gasteiger partial charge in [-0.3, -0.25) is 0 Å². The van der Waals surface area contributed by atoms with Gasteiger partial charge in [0.15, 0.2) is 0 Å². The first-order chi connectivity index (χ1) is 13.7. The molecule has 0 amide bonds. The fraction of sp³-hybridized carbons (Fsp3) is 0.0500. The Morgan fingerprint density at radius 3 is 2.68 bits per heavy atom. The molecule has 0 radical (unpaired) electrons. The van der Waals surface area contributed by atoms with E-state index < -0.39 is 5.82 Å². The van der Waals surface area contributed by atoms with E-state index in [1.165, 1.54) is 10.7 Å². The van der Waals surface area contributed by atoms with Crippen LogP contribution in [0.2, 0.25) is 5.02 Å². The van der Waals surface area contributed by atoms with Crippen LogP contribution in [0.15, 0.2) is 72.8 Å². The molecule has 0 unspecified atom stereocenters. The van der Waals surface area contributed by atoms with Gasteiger partial charge in [0.25, 0.3) is 0 Å². The van der Waals surface area contributed by atoms with Crippen molar-refractivity contribution < 1.29 is 9.13 Å². The monoisotopic (exact) mass is 395 g/mol. The smallest absolute Gasteiger partial charge is 0.345 e. The number of nitrogens with one attached hydrogen (secondary N) is 1. The molecule has 1 N–H and O–H groups in total. The number of hydrogen-bond donors (Lipinski definition) is 1. The molecule has 28 heavy (non-hydrogen) atoms. The normalized spacial score (nSPS) is 10.6. The number of nitrogens with zero attached hydrogens (tertiary/aromatic N) is 4. The van der Waals surface area contributed by atoms with Crippen molar-refractivity contribution in [1.82, 2.24) is 20.2 Å². The van der Waals surface area contributed by atoms with Gasteiger partial charge in [0.1, 0.15) is 11.6 Å². The van der Waals surface area contributed by atoms with Crippen LogP contribution < -0.4 is 10.1 Å². The minimum atomic E-state index is -0.446. The zero-order chi connectivity index (χ0) is 19.3. The van der Waals surface area contributed by atoms with E-state index in [2.05, 4.69) is 20.8 Å². The lowest BCUT2D eigenvalue weighted by atomic mass is 10.2. The number of ether oxygens (including phenoxy) is 1. The number of benzene rings is 3. The first-order valence-corrected chi connectivity index (χ1v) is 8.86. The molecule has 0 aliphatic heterocycles. The summed E-state index contributed by atoms with van der Waals surface area (Å²) in [6.07, 6.45) is 0. The minimum absolute atomic E-state index is 0.0785. The first-order valence-electron chi connectivity index (χ1n) is 8.48. The van der Waals surface area contributed by atoms with E-state index in [-0.39, 0.29) is 11.0 Å². The summed E-state index contributed by atoms with van der Waals surface area (Å²) in [6.45, 7) is 0.517. The number of anilines is 1. The van der Waals surface area contributed by atoms with Crippen molar-refractivity contribution in [2.45, 2.75) is 6.54 Å². The molecule has 0 aliphatic rings. The van der Waals surface area contributed by atoms with Gasteiger partial charge in [-0.1, -0.05) is 47.0 Å². The summed E-state index contributed by atoms with van der Waals surface area (Å²) in [5.41, 5.74) is 2.50. The van der Waals surface area contributed by atoms with Crippen LogP contribution in [0.1, 0.15) is 5.56 Å². The number of para-hydroxylation sites is 1. The molecular formula is C20H15ClFN5O. The average Bonchev–Trinajstić information content (AvgIpc) is 3.18. The third kappa shape index (κ3) is 4.10. The van der Waals surface area contributed by atoms with Crippen molar-refractivity contribution in [3.05, 3.63) is 89.2 Å². The zero-order valence-corrected chi connectivity index (χ0v) is 15.3. The highest BCUT2D eigenvalue weighted by Crippen LogP contribution is 2.23. The summed E-state index contributed by atoms with van der Waals surface area (Å²) >= 11 is 5.81. The van der Waals surface area contributed by atoms with Crippen molar-refractivity contribution >= 4 is 17.3 Å². The van der Waals surface area contributed by atoms with Crippen LogP contribution in [0.3, 0.4) is 0 Å². The fourth-order valence-electron chi connectivity index (χ4n) is 2.61. The zero-order valence-electron chi connectivity index (χ0n) is 14.6. The summed E-state index contributed by atoms with van der Waals surface area (Å²) in [5.74, 6) is 0.155. The van der Waals surface area contributed by atoms with Crippen LogP contribution >= 0.6 is 11.6 Å². The van der Waals surface area contributed by atoms with Crippen molar-refractivity contribution in [3.63, 3.8) is 0 Å². The Kier molecular flexibility index (Phi) is 5.16. The van der Waals surface area contributed by atoms with E-state index >= 15 is 0 Å². The van der Waals surface area contributed by atoms with Crippen LogP contribution in [-0.4, -0.2) is 20.2 Å². The van der Waals surface area contributed by atoms with Crippen LogP contribution in [0, 0.1) is 5.82 Å². The predicted molar refractivity (Wildman–Crippen MR) is 104 cm³/mol. The first kappa shape index (κ1) is 17.9. The standard InChI is InChI=1S/C20H15ClFN5O/c21-18-12-15(9-10-19(18)22)23-13-14-5-4-8-17(11-14)28-20-24-25-26-27(20)16-6-2-1-3-7-16/h1-12,23H,13H2. The van der Waals surface area contributed by atoms with Crippen LogP contribution in [0.5, 0.6) is 11.8 Å². The summed E-state index contributed by atoms with van der Waals surface area (Å²) in [4.78, 5) is 0. The molecule has 0 fully saturated rings. The van der Waals surface area contributed by atoms with Gasteiger partial charge in [0, 0.05) is 12.2 Å². The number of hydrogen-bond acceptors (Lipinski definition) is 5. The maximum atomic E-state index is 13.3. The molecule has 0 saturated heterocycles. The van der Waals surface area contributed by atoms with Gasteiger partial charge >= 0.3 is 6.01 Å². The SMILES string of the molecule is Fc1ccc(NCc2cccc(Oc3nnnn3-c3ccccc3)c2)cc1Cl. The Morgan fingerprint density at radius 1 is 1.00 bits per heavy atom. The molecule has 0 aliphatic carbocycles. The summed E-state index contributed by atoms with van der Waals surface area (Å²) in [7, 11) is 0. The molecule has 1 aromatic heterocycles. The highest BCUT2D eigenvalue weighted by atomic mass is 35.5. The summed E-state index contributed by atoms with van der Waals surface area (Å²) in [5, 5.41) is 14.9. The van der Waals surface area contributed by atoms with Crippen molar-refractivity contribution in [1.29, 1.82) is 0 Å². The molecule has 8 heteroatoms. The van der Waals surface area contributed by atoms with Gasteiger partial charge in [-0.25, -0.2) is 4.39 Å². The topological polar surface area (TPSA) is 64.9 Å². The molecule has 4 aromatic rings. The van der Waals surface area contributed by atoms with Gasteiger partial charge < -0.3 is 10.1 Å². The van der Waals surface area contributed by atoms with Gasteiger partial charge in [-0.2, -0.15) is 4.68 Å². The number of rotatable bonds is 6. The lowest BCUT2D eigenvalue weighted by Gasteiger charge is -2.10. The minimum Gasteiger partial charge on any atom is -0.423 e. The van der Waals surface area contributed by atoms with Gasteiger partial charge in [-0.15, -0.1) is 0 Å². The Hall–Kier alpha value is -3.45. The number of tetrazole rings is 1. The van der Waals surface area contributed by atoms with Gasteiger partial charge in [0.05, 0.1) is 10.7 Å². The molecule has 1 heterocycles. The largest absolute Gasteiger partial charge is 0.423 e. The third-order valence-corrected chi connectivity index (χ3v) is 4.26. The molecule has 0 saturated carbocycles. The lowest BCUT2D eigenvalue weighted by molar-refractivity contribution is 0.427. The van der Waals surface area contributed by atoms with Gasteiger partial charge in [-0.05, 0) is 58.5 Å². The Bertz CT molecular complexity index is 1090. The molecule has 140 valence electrons. The third-order valence-electron chi connectivity index (χ3n) is 3.97. The molecule has 0 atom stereocenters. The Balaban J connectivity index is 1.47. The molecule has 4 rings (SSSR count). The molecule has 6 nitrogen and oxygen atoms in total. The number of halogens is 2. The van der Waals surface area contributed by atoms with Crippen LogP contribution in [0.25, 0.3) is 5.69 Å². The molecular weight excluding hydrogens is 381 g/mol. The fourth-order valence-corrected chi connectivity index (χ4v) is 2.79. The second-order valence-corrected chi connectivity index (χ2v) is 6.35. The van der Waals surface area contributed by atoms with E-state index in [4.69, 9.17) is 16.3 Å². The molecule has 3 aromatic carbocycles.